The second-order valence-corrected chi connectivity index (χ2v) is 4.79. The molecule has 1 fully saturated rings. The lowest BCUT2D eigenvalue weighted by atomic mass is 10.0. The predicted molar refractivity (Wildman–Crippen MR) is 63.5 cm³/mol. The fourth-order valence-electron chi connectivity index (χ4n) is 1.83. The third-order valence-corrected chi connectivity index (χ3v) is 3.25. The molecule has 2 nitrogen and oxygen atoms in total. The summed E-state index contributed by atoms with van der Waals surface area (Å²) in [5, 5.41) is 0. The average Bonchev–Trinajstić information content (AvgIpc) is 2.18. The van der Waals surface area contributed by atoms with Crippen molar-refractivity contribution >= 4 is 5.69 Å². The van der Waals surface area contributed by atoms with Crippen molar-refractivity contribution < 1.29 is 13.5 Å². The zero-order chi connectivity index (χ0) is 12.6. The number of rotatable bonds is 3. The summed E-state index contributed by atoms with van der Waals surface area (Å²) in [4.78, 5) is 1.76. The van der Waals surface area contributed by atoms with Gasteiger partial charge in [-0.3, -0.25) is 0 Å². The van der Waals surface area contributed by atoms with Gasteiger partial charge in [-0.15, -0.1) is 0 Å². The first-order valence-corrected chi connectivity index (χ1v) is 5.80. The number of benzene rings is 1. The number of halogens is 2. The van der Waals surface area contributed by atoms with Crippen LogP contribution in [-0.2, 0) is 4.74 Å². The van der Waals surface area contributed by atoms with E-state index in [1.807, 2.05) is 13.8 Å². The Hall–Kier alpha value is -1.16. The number of anilines is 1. The minimum Gasteiger partial charge on any atom is -0.377 e. The first kappa shape index (κ1) is 12.3. The molecular formula is C13H17F2NO. The Balaban J connectivity index is 2.36. The molecular weight excluding hydrogens is 224 g/mol. The largest absolute Gasteiger partial charge is 0.377 e. The molecule has 0 bridgehead atoms. The molecule has 0 saturated carbocycles. The van der Waals surface area contributed by atoms with Crippen LogP contribution in [0.2, 0.25) is 0 Å². The zero-order valence-corrected chi connectivity index (χ0v) is 10.3. The van der Waals surface area contributed by atoms with Gasteiger partial charge in [-0.1, -0.05) is 13.8 Å². The van der Waals surface area contributed by atoms with Gasteiger partial charge >= 0.3 is 0 Å². The molecule has 0 aliphatic carbocycles. The molecule has 0 radical (unpaired) electrons. The molecule has 17 heavy (non-hydrogen) atoms. The van der Waals surface area contributed by atoms with Gasteiger partial charge in [0.05, 0.1) is 24.9 Å². The van der Waals surface area contributed by atoms with Gasteiger partial charge in [0.1, 0.15) is 0 Å². The SMILES string of the molecule is CC(C)c1cc(F)c(F)c(N(C)C2COC2)c1. The van der Waals surface area contributed by atoms with Crippen molar-refractivity contribution in [3.63, 3.8) is 0 Å². The Morgan fingerprint density at radius 1 is 1.29 bits per heavy atom. The van der Waals surface area contributed by atoms with Crippen molar-refractivity contribution in [2.45, 2.75) is 25.8 Å². The highest BCUT2D eigenvalue weighted by Crippen LogP contribution is 2.29. The van der Waals surface area contributed by atoms with E-state index >= 15 is 0 Å². The molecule has 1 heterocycles. The second kappa shape index (κ2) is 4.61. The lowest BCUT2D eigenvalue weighted by molar-refractivity contribution is 0.00989. The maximum Gasteiger partial charge on any atom is 0.182 e. The van der Waals surface area contributed by atoms with E-state index in [1.54, 1.807) is 18.0 Å². The normalized spacial score (nSPS) is 16.1. The molecule has 1 saturated heterocycles. The first-order valence-electron chi connectivity index (χ1n) is 5.80. The molecule has 1 aliphatic heterocycles. The van der Waals surface area contributed by atoms with Crippen LogP contribution in [0.5, 0.6) is 0 Å². The quantitative estimate of drug-likeness (QED) is 0.806. The number of hydrogen-bond donors (Lipinski definition) is 0. The van der Waals surface area contributed by atoms with Crippen LogP contribution >= 0.6 is 0 Å². The van der Waals surface area contributed by atoms with E-state index in [4.69, 9.17) is 4.74 Å². The van der Waals surface area contributed by atoms with Crippen molar-refractivity contribution in [3.05, 3.63) is 29.3 Å². The molecule has 94 valence electrons. The van der Waals surface area contributed by atoms with Crippen molar-refractivity contribution in [3.8, 4) is 0 Å². The fraction of sp³-hybridized carbons (Fsp3) is 0.538. The molecule has 4 heteroatoms. The number of ether oxygens (including phenoxy) is 1. The first-order chi connectivity index (χ1) is 8.00. The van der Waals surface area contributed by atoms with Crippen LogP contribution in [0.1, 0.15) is 25.3 Å². The van der Waals surface area contributed by atoms with Crippen LogP contribution in [0.3, 0.4) is 0 Å². The Bertz CT molecular complexity index is 416. The van der Waals surface area contributed by atoms with Gasteiger partial charge in [0.25, 0.3) is 0 Å². The van der Waals surface area contributed by atoms with Gasteiger partial charge < -0.3 is 9.64 Å². The third-order valence-electron chi connectivity index (χ3n) is 3.25. The van der Waals surface area contributed by atoms with Gasteiger partial charge in [-0.25, -0.2) is 8.78 Å². The highest BCUT2D eigenvalue weighted by molar-refractivity contribution is 5.51. The molecule has 0 spiro atoms. The summed E-state index contributed by atoms with van der Waals surface area (Å²) in [7, 11) is 1.77. The van der Waals surface area contributed by atoms with Crippen LogP contribution in [0.4, 0.5) is 14.5 Å². The Morgan fingerprint density at radius 3 is 2.41 bits per heavy atom. The number of hydrogen-bond acceptors (Lipinski definition) is 2. The molecule has 0 aromatic heterocycles. The minimum absolute atomic E-state index is 0.145. The summed E-state index contributed by atoms with van der Waals surface area (Å²) in [6, 6.07) is 3.14. The lowest BCUT2D eigenvalue weighted by Crippen LogP contribution is -2.47. The highest BCUT2D eigenvalue weighted by Gasteiger charge is 2.26. The van der Waals surface area contributed by atoms with E-state index in [1.165, 1.54) is 6.07 Å². The maximum absolute atomic E-state index is 13.8. The van der Waals surface area contributed by atoms with E-state index in [9.17, 15) is 8.78 Å². The smallest absolute Gasteiger partial charge is 0.182 e. The lowest BCUT2D eigenvalue weighted by Gasteiger charge is -2.36. The topological polar surface area (TPSA) is 12.5 Å². The van der Waals surface area contributed by atoms with Crippen LogP contribution in [0.25, 0.3) is 0 Å². The summed E-state index contributed by atoms with van der Waals surface area (Å²) >= 11 is 0. The Kier molecular flexibility index (Phi) is 3.33. The van der Waals surface area contributed by atoms with Crippen molar-refractivity contribution in [1.82, 2.24) is 0 Å². The van der Waals surface area contributed by atoms with Gasteiger partial charge in [0, 0.05) is 7.05 Å². The molecule has 1 aliphatic rings. The van der Waals surface area contributed by atoms with Gasteiger partial charge in [-0.2, -0.15) is 0 Å². The van der Waals surface area contributed by atoms with Gasteiger partial charge in [0.2, 0.25) is 0 Å². The number of likely N-dealkylation sites (N-methyl/N-ethyl adjacent to an activating group) is 1. The molecule has 0 N–H and O–H groups in total. The summed E-state index contributed by atoms with van der Waals surface area (Å²) in [5.74, 6) is -1.38. The zero-order valence-electron chi connectivity index (χ0n) is 10.3. The third kappa shape index (κ3) is 2.27. The maximum atomic E-state index is 13.8. The van der Waals surface area contributed by atoms with Crippen molar-refractivity contribution in [2.24, 2.45) is 0 Å². The highest BCUT2D eigenvalue weighted by atomic mass is 19.2. The second-order valence-electron chi connectivity index (χ2n) is 4.79. The van der Waals surface area contributed by atoms with E-state index in [-0.39, 0.29) is 12.0 Å². The summed E-state index contributed by atoms with van der Waals surface area (Å²) in [5.41, 5.74) is 1.13. The monoisotopic (exact) mass is 241 g/mol. The molecule has 1 aromatic rings. The average molecular weight is 241 g/mol. The van der Waals surface area contributed by atoms with Crippen molar-refractivity contribution in [1.29, 1.82) is 0 Å². The summed E-state index contributed by atoms with van der Waals surface area (Å²) in [6.45, 7) is 5.07. The molecule has 1 aromatic carbocycles. The van der Waals surface area contributed by atoms with Crippen LogP contribution in [0.15, 0.2) is 12.1 Å². The Morgan fingerprint density at radius 2 is 1.94 bits per heavy atom. The van der Waals surface area contributed by atoms with Gasteiger partial charge in [-0.05, 0) is 23.6 Å². The van der Waals surface area contributed by atoms with E-state index < -0.39 is 11.6 Å². The molecule has 0 amide bonds. The minimum atomic E-state index is -0.779. The van der Waals surface area contributed by atoms with Crippen molar-refractivity contribution in [2.75, 3.05) is 25.2 Å². The molecule has 0 unspecified atom stereocenters. The standard InChI is InChI=1S/C13H17F2NO/c1-8(2)9-4-11(14)13(15)12(5-9)16(3)10-6-17-7-10/h4-5,8,10H,6-7H2,1-3H3. The summed E-state index contributed by atoms with van der Waals surface area (Å²) < 4.78 is 32.3. The van der Waals surface area contributed by atoms with E-state index in [2.05, 4.69) is 0 Å². The molecule has 0 atom stereocenters. The number of nitrogens with zero attached hydrogens (tertiary/aromatic N) is 1. The molecule has 2 rings (SSSR count). The van der Waals surface area contributed by atoms with E-state index in [0.29, 0.717) is 18.9 Å². The van der Waals surface area contributed by atoms with Crippen LogP contribution < -0.4 is 4.90 Å². The predicted octanol–water partition coefficient (Wildman–Crippen LogP) is 2.92. The van der Waals surface area contributed by atoms with E-state index in [0.717, 1.165) is 5.56 Å². The van der Waals surface area contributed by atoms with Crippen LogP contribution in [0, 0.1) is 11.6 Å². The summed E-state index contributed by atoms with van der Waals surface area (Å²) in [6.07, 6.45) is 0. The Labute approximate surface area is 100 Å². The van der Waals surface area contributed by atoms with Gasteiger partial charge in [0.15, 0.2) is 11.6 Å². The van der Waals surface area contributed by atoms with Crippen LogP contribution in [-0.4, -0.2) is 26.3 Å². The fourth-order valence-corrected chi connectivity index (χ4v) is 1.83.